The van der Waals surface area contributed by atoms with E-state index in [1.54, 1.807) is 7.05 Å². The van der Waals surface area contributed by atoms with Gasteiger partial charge in [-0.05, 0) is 27.2 Å². The molecule has 19 heavy (non-hydrogen) atoms. The summed E-state index contributed by atoms with van der Waals surface area (Å²) in [5, 5.41) is 34.8. The second-order valence-electron chi connectivity index (χ2n) is 5.75. The van der Waals surface area contributed by atoms with Gasteiger partial charge in [-0.25, -0.2) is 0 Å². The summed E-state index contributed by atoms with van der Waals surface area (Å²) in [6.45, 7) is 5.49. The number of aliphatic hydroxyl groups excluding tert-OH is 1. The molecular formula is C11H21N3O5. The second kappa shape index (κ2) is 5.60. The molecule has 0 aromatic heterocycles. The number of carbonyl (C=O) groups is 1. The zero-order chi connectivity index (χ0) is 14.8. The van der Waals surface area contributed by atoms with E-state index >= 15 is 0 Å². The van der Waals surface area contributed by atoms with Crippen molar-refractivity contribution < 1.29 is 24.8 Å². The lowest BCUT2D eigenvalue weighted by atomic mass is 10.1. The van der Waals surface area contributed by atoms with Gasteiger partial charge in [0.15, 0.2) is 6.10 Å². The number of carboxylic acids is 1. The number of nitrogens with zero attached hydrogens (tertiary/aromatic N) is 3. The molecule has 1 aliphatic rings. The Morgan fingerprint density at radius 1 is 1.47 bits per heavy atom. The maximum Gasteiger partial charge on any atom is 0.306 e. The van der Waals surface area contributed by atoms with Crippen LogP contribution in [0.3, 0.4) is 0 Å². The SMILES string of the molecule is CN([N+]([O-])=NOC1CC(C(=O)O)CC1O)C(C)(C)C. The first-order valence-electron chi connectivity index (χ1n) is 6.11. The number of aliphatic hydroxyl groups is 1. The smallest absolute Gasteiger partial charge is 0.306 e. The first kappa shape index (κ1) is 15.5. The molecule has 0 amide bonds. The van der Waals surface area contributed by atoms with Crippen molar-refractivity contribution >= 4 is 5.97 Å². The minimum atomic E-state index is -0.976. The Morgan fingerprint density at radius 2 is 2.05 bits per heavy atom. The number of rotatable bonds is 4. The zero-order valence-corrected chi connectivity index (χ0v) is 11.6. The molecule has 0 spiro atoms. The van der Waals surface area contributed by atoms with E-state index in [4.69, 9.17) is 9.94 Å². The van der Waals surface area contributed by atoms with Gasteiger partial charge in [0.05, 0.1) is 29.6 Å². The Balaban J connectivity index is 2.59. The summed E-state index contributed by atoms with van der Waals surface area (Å²) in [6.07, 6.45) is -1.42. The molecule has 0 heterocycles. The molecule has 0 aliphatic heterocycles. The van der Waals surface area contributed by atoms with Crippen LogP contribution >= 0.6 is 0 Å². The van der Waals surface area contributed by atoms with Gasteiger partial charge in [0.2, 0.25) is 5.28 Å². The van der Waals surface area contributed by atoms with Crippen LogP contribution < -0.4 is 0 Å². The average Bonchev–Trinajstić information content (AvgIpc) is 2.65. The van der Waals surface area contributed by atoms with Crippen LogP contribution in [0.2, 0.25) is 0 Å². The van der Waals surface area contributed by atoms with E-state index in [1.165, 1.54) is 5.01 Å². The number of hydrazine groups is 1. The Hall–Kier alpha value is -1.57. The van der Waals surface area contributed by atoms with Crippen LogP contribution in [0.15, 0.2) is 5.28 Å². The summed E-state index contributed by atoms with van der Waals surface area (Å²) in [7, 11) is 1.56. The van der Waals surface area contributed by atoms with E-state index in [0.29, 0.717) is 4.97 Å². The summed E-state index contributed by atoms with van der Waals surface area (Å²) >= 11 is 0. The Labute approximate surface area is 111 Å². The van der Waals surface area contributed by atoms with Gasteiger partial charge in [0.25, 0.3) is 0 Å². The van der Waals surface area contributed by atoms with Crippen LogP contribution in [-0.2, 0) is 9.63 Å². The molecule has 1 rings (SSSR count). The standard InChI is InChI=1S/C11H21N3O5/c1-11(2,3)13(4)14(18)12-19-9-6-7(10(16)17)5-8(9)15/h7-9,15H,5-6H2,1-4H3,(H,16,17). The van der Waals surface area contributed by atoms with Gasteiger partial charge in [0.1, 0.15) is 0 Å². The van der Waals surface area contributed by atoms with Crippen LogP contribution in [-0.4, -0.2) is 51.0 Å². The minimum absolute atomic E-state index is 0.115. The summed E-state index contributed by atoms with van der Waals surface area (Å²) < 4.78 is 0. The number of carboxylic acid groups (broad SMARTS) is 1. The van der Waals surface area contributed by atoms with E-state index in [-0.39, 0.29) is 12.8 Å². The first-order chi connectivity index (χ1) is 8.62. The van der Waals surface area contributed by atoms with Crippen LogP contribution in [0, 0.1) is 11.1 Å². The Morgan fingerprint density at radius 3 is 2.47 bits per heavy atom. The maximum atomic E-state index is 11.6. The molecule has 1 saturated carbocycles. The molecule has 1 fully saturated rings. The predicted octanol–water partition coefficient (Wildman–Crippen LogP) is 0.750. The highest BCUT2D eigenvalue weighted by molar-refractivity contribution is 5.70. The molecule has 3 unspecified atom stereocenters. The largest absolute Gasteiger partial charge is 0.569 e. The molecule has 0 aromatic rings. The van der Waals surface area contributed by atoms with Crippen LogP contribution in [0.4, 0.5) is 0 Å². The fourth-order valence-electron chi connectivity index (χ4n) is 1.70. The molecule has 0 radical (unpaired) electrons. The van der Waals surface area contributed by atoms with Crippen LogP contribution in [0.25, 0.3) is 0 Å². The molecule has 8 nitrogen and oxygen atoms in total. The fourth-order valence-corrected chi connectivity index (χ4v) is 1.70. The Bertz CT molecular complexity index is 366. The van der Waals surface area contributed by atoms with Gasteiger partial charge in [-0.1, -0.05) is 0 Å². The van der Waals surface area contributed by atoms with Gasteiger partial charge < -0.3 is 20.3 Å². The Kier molecular flexibility index (Phi) is 4.56. The monoisotopic (exact) mass is 275 g/mol. The topological polar surface area (TPSA) is 108 Å². The first-order valence-corrected chi connectivity index (χ1v) is 6.11. The fraction of sp³-hybridized carbons (Fsp3) is 0.909. The summed E-state index contributed by atoms with van der Waals surface area (Å²) in [5.74, 6) is -1.63. The molecule has 8 heteroatoms. The third kappa shape index (κ3) is 3.95. The lowest BCUT2D eigenvalue weighted by molar-refractivity contribution is -0.720. The highest BCUT2D eigenvalue weighted by Gasteiger charge is 2.39. The second-order valence-corrected chi connectivity index (χ2v) is 5.75. The van der Waals surface area contributed by atoms with Gasteiger partial charge in [0, 0.05) is 6.42 Å². The van der Waals surface area contributed by atoms with Crippen molar-refractivity contribution in [3.05, 3.63) is 5.21 Å². The highest BCUT2D eigenvalue weighted by atomic mass is 16.7. The van der Waals surface area contributed by atoms with Crippen molar-refractivity contribution in [1.82, 2.24) is 5.01 Å². The average molecular weight is 275 g/mol. The third-order valence-electron chi connectivity index (χ3n) is 3.30. The van der Waals surface area contributed by atoms with Gasteiger partial charge in [-0.2, -0.15) is 0 Å². The quantitative estimate of drug-likeness (QED) is 0.445. The van der Waals surface area contributed by atoms with E-state index in [1.807, 2.05) is 20.8 Å². The normalized spacial score (nSPS) is 28.3. The molecule has 110 valence electrons. The van der Waals surface area contributed by atoms with Crippen molar-refractivity contribution in [2.24, 2.45) is 11.2 Å². The predicted molar refractivity (Wildman–Crippen MR) is 64.8 cm³/mol. The van der Waals surface area contributed by atoms with Gasteiger partial charge in [-0.3, -0.25) is 4.79 Å². The molecule has 3 atom stereocenters. The van der Waals surface area contributed by atoms with Crippen molar-refractivity contribution in [2.75, 3.05) is 7.05 Å². The van der Waals surface area contributed by atoms with E-state index in [2.05, 4.69) is 5.28 Å². The lowest BCUT2D eigenvalue weighted by Gasteiger charge is -2.26. The molecule has 0 bridgehead atoms. The number of aliphatic carboxylic acids is 1. The van der Waals surface area contributed by atoms with E-state index < -0.39 is 29.6 Å². The van der Waals surface area contributed by atoms with Crippen molar-refractivity contribution in [2.45, 2.75) is 51.4 Å². The van der Waals surface area contributed by atoms with Crippen molar-refractivity contribution in [3.8, 4) is 0 Å². The molecule has 0 aromatic carbocycles. The minimum Gasteiger partial charge on any atom is -0.569 e. The third-order valence-corrected chi connectivity index (χ3v) is 3.30. The summed E-state index contributed by atoms with van der Waals surface area (Å²) in [5.41, 5.74) is -0.424. The highest BCUT2D eigenvalue weighted by Crippen LogP contribution is 2.28. The zero-order valence-electron chi connectivity index (χ0n) is 11.6. The lowest BCUT2D eigenvalue weighted by Crippen LogP contribution is -2.42. The molecule has 0 saturated heterocycles. The van der Waals surface area contributed by atoms with Crippen LogP contribution in [0.5, 0.6) is 0 Å². The van der Waals surface area contributed by atoms with Crippen molar-refractivity contribution in [1.29, 1.82) is 0 Å². The van der Waals surface area contributed by atoms with E-state index in [9.17, 15) is 15.1 Å². The van der Waals surface area contributed by atoms with Crippen LogP contribution in [0.1, 0.15) is 33.6 Å². The van der Waals surface area contributed by atoms with Crippen molar-refractivity contribution in [3.63, 3.8) is 0 Å². The van der Waals surface area contributed by atoms with Gasteiger partial charge in [-0.15, -0.1) is 5.01 Å². The number of hydrogen-bond acceptors (Lipinski definition) is 5. The van der Waals surface area contributed by atoms with E-state index in [0.717, 1.165) is 0 Å². The number of hydrogen-bond donors (Lipinski definition) is 2. The van der Waals surface area contributed by atoms with Gasteiger partial charge >= 0.3 is 5.97 Å². The maximum absolute atomic E-state index is 11.6. The summed E-state index contributed by atoms with van der Waals surface area (Å²) in [4.78, 5) is 16.0. The molecule has 1 aliphatic carbocycles. The summed E-state index contributed by atoms with van der Waals surface area (Å²) in [6, 6.07) is 0. The molecule has 2 N–H and O–H groups in total. The molecular weight excluding hydrogens is 254 g/mol.